The monoisotopic (exact) mass is 315 g/mol. The van der Waals surface area contributed by atoms with Crippen LogP contribution in [0.5, 0.6) is 5.75 Å². The molecule has 1 saturated heterocycles. The minimum absolute atomic E-state index is 0.217. The lowest BCUT2D eigenvalue weighted by Gasteiger charge is -2.42. The molecule has 1 aliphatic rings. The van der Waals surface area contributed by atoms with E-state index in [9.17, 15) is 4.79 Å². The predicted octanol–water partition coefficient (Wildman–Crippen LogP) is 3.82. The van der Waals surface area contributed by atoms with Gasteiger partial charge in [-0.3, -0.25) is 0 Å². The topological polar surface area (TPSA) is 42.7 Å². The highest BCUT2D eigenvalue weighted by Gasteiger charge is 2.32. The first-order chi connectivity index (χ1) is 11.1. The lowest BCUT2D eigenvalue weighted by molar-refractivity contribution is 0.0260. The van der Waals surface area contributed by atoms with Crippen molar-refractivity contribution in [2.45, 2.75) is 57.7 Å². The van der Waals surface area contributed by atoms with Crippen LogP contribution in [-0.2, 0) is 0 Å². The number of ether oxygens (including phenoxy) is 1. The van der Waals surface area contributed by atoms with Crippen molar-refractivity contribution >= 4 is 11.0 Å². The first-order valence-corrected chi connectivity index (χ1v) is 8.53. The van der Waals surface area contributed by atoms with E-state index in [0.717, 1.165) is 36.8 Å². The number of fused-ring (bicyclic) bond motifs is 1. The Hall–Kier alpha value is -1.81. The predicted molar refractivity (Wildman–Crippen MR) is 92.1 cm³/mol. The fourth-order valence-electron chi connectivity index (χ4n) is 3.65. The van der Waals surface area contributed by atoms with Gasteiger partial charge in [-0.1, -0.05) is 13.8 Å². The maximum absolute atomic E-state index is 11.4. The van der Waals surface area contributed by atoms with Crippen molar-refractivity contribution in [3.05, 3.63) is 40.8 Å². The van der Waals surface area contributed by atoms with Gasteiger partial charge in [-0.25, -0.2) is 4.79 Å². The summed E-state index contributed by atoms with van der Waals surface area (Å²) in [5, 5.41) is 0.915. The van der Waals surface area contributed by atoms with Gasteiger partial charge >= 0.3 is 5.63 Å². The standard InChI is InChI=1S/C19H25NO3/c1-4-14-10-17(11-15(5-2)20(14)3)22-16-8-6-13-7-9-19(21)23-18(13)12-16/h6-9,12,14-15,17H,4-5,10-11H2,1-3H3. The number of hydrogen-bond donors (Lipinski definition) is 0. The van der Waals surface area contributed by atoms with Gasteiger partial charge in [0, 0.05) is 29.6 Å². The highest BCUT2D eigenvalue weighted by molar-refractivity contribution is 5.77. The van der Waals surface area contributed by atoms with Crippen LogP contribution >= 0.6 is 0 Å². The normalized spacial score (nSPS) is 25.6. The average Bonchev–Trinajstić information content (AvgIpc) is 2.55. The Morgan fingerprint density at radius 3 is 2.43 bits per heavy atom. The van der Waals surface area contributed by atoms with Gasteiger partial charge in [0.05, 0.1) is 0 Å². The summed E-state index contributed by atoms with van der Waals surface area (Å²) < 4.78 is 11.5. The number of piperidine rings is 1. The Kier molecular flexibility index (Phi) is 4.71. The zero-order valence-electron chi connectivity index (χ0n) is 14.1. The van der Waals surface area contributed by atoms with E-state index in [2.05, 4.69) is 25.8 Å². The summed E-state index contributed by atoms with van der Waals surface area (Å²) in [7, 11) is 2.23. The van der Waals surface area contributed by atoms with E-state index in [1.54, 1.807) is 6.07 Å². The summed E-state index contributed by atoms with van der Waals surface area (Å²) in [5.74, 6) is 0.783. The summed E-state index contributed by atoms with van der Waals surface area (Å²) in [6.07, 6.45) is 4.58. The minimum atomic E-state index is -0.328. The van der Waals surface area contributed by atoms with Crippen molar-refractivity contribution < 1.29 is 9.15 Å². The third-order valence-corrected chi connectivity index (χ3v) is 5.06. The summed E-state index contributed by atoms with van der Waals surface area (Å²) in [6.45, 7) is 4.47. The van der Waals surface area contributed by atoms with Gasteiger partial charge < -0.3 is 14.1 Å². The fourth-order valence-corrected chi connectivity index (χ4v) is 3.65. The van der Waals surface area contributed by atoms with E-state index in [1.165, 1.54) is 6.07 Å². The van der Waals surface area contributed by atoms with Crippen molar-refractivity contribution in [1.82, 2.24) is 4.90 Å². The number of likely N-dealkylation sites (tertiary alicyclic amines) is 1. The molecule has 4 nitrogen and oxygen atoms in total. The van der Waals surface area contributed by atoms with E-state index in [4.69, 9.17) is 9.15 Å². The maximum Gasteiger partial charge on any atom is 0.336 e. The Morgan fingerprint density at radius 1 is 1.13 bits per heavy atom. The molecular formula is C19H25NO3. The quantitative estimate of drug-likeness (QED) is 0.804. The van der Waals surface area contributed by atoms with Crippen LogP contribution in [0.1, 0.15) is 39.5 Å². The average molecular weight is 315 g/mol. The molecule has 4 heteroatoms. The number of hydrogen-bond acceptors (Lipinski definition) is 4. The SMILES string of the molecule is CCC1CC(Oc2ccc3ccc(=O)oc3c2)CC(CC)N1C. The highest BCUT2D eigenvalue weighted by atomic mass is 16.5. The summed E-state index contributed by atoms with van der Waals surface area (Å²) in [6, 6.07) is 10.1. The molecule has 3 rings (SSSR count). The van der Waals surface area contributed by atoms with Gasteiger partial charge in [-0.15, -0.1) is 0 Å². The van der Waals surface area contributed by atoms with Gasteiger partial charge in [0.2, 0.25) is 0 Å². The van der Waals surface area contributed by atoms with Crippen molar-refractivity contribution in [3.8, 4) is 5.75 Å². The molecule has 124 valence electrons. The molecule has 1 aromatic heterocycles. The van der Waals surface area contributed by atoms with Gasteiger partial charge in [-0.2, -0.15) is 0 Å². The maximum atomic E-state index is 11.4. The molecule has 1 fully saturated rings. The molecule has 2 atom stereocenters. The third-order valence-electron chi connectivity index (χ3n) is 5.06. The third kappa shape index (κ3) is 3.42. The molecule has 0 bridgehead atoms. The fraction of sp³-hybridized carbons (Fsp3) is 0.526. The molecule has 23 heavy (non-hydrogen) atoms. The number of nitrogens with zero attached hydrogens (tertiary/aromatic N) is 1. The van der Waals surface area contributed by atoms with E-state index in [1.807, 2.05) is 18.2 Å². The van der Waals surface area contributed by atoms with Crippen LogP contribution in [0.25, 0.3) is 11.0 Å². The molecule has 2 aromatic rings. The molecule has 1 aliphatic heterocycles. The van der Waals surface area contributed by atoms with E-state index >= 15 is 0 Å². The second-order valence-electron chi connectivity index (χ2n) is 6.45. The van der Waals surface area contributed by atoms with E-state index in [0.29, 0.717) is 17.7 Å². The summed E-state index contributed by atoms with van der Waals surface area (Å²) >= 11 is 0. The molecule has 0 saturated carbocycles. The van der Waals surface area contributed by atoms with Gasteiger partial charge in [-0.05, 0) is 50.9 Å². The Bertz CT molecular complexity index is 710. The molecule has 0 amide bonds. The molecular weight excluding hydrogens is 290 g/mol. The van der Waals surface area contributed by atoms with Crippen LogP contribution in [0.4, 0.5) is 0 Å². The first kappa shape index (κ1) is 16.1. The van der Waals surface area contributed by atoms with Crippen LogP contribution < -0.4 is 10.4 Å². The lowest BCUT2D eigenvalue weighted by atomic mass is 9.91. The van der Waals surface area contributed by atoms with Crippen LogP contribution in [0.3, 0.4) is 0 Å². The van der Waals surface area contributed by atoms with Crippen molar-refractivity contribution in [2.75, 3.05) is 7.05 Å². The zero-order valence-corrected chi connectivity index (χ0v) is 14.1. The lowest BCUT2D eigenvalue weighted by Crippen LogP contribution is -2.49. The van der Waals surface area contributed by atoms with Gasteiger partial charge in [0.15, 0.2) is 0 Å². The molecule has 0 aliphatic carbocycles. The van der Waals surface area contributed by atoms with Crippen LogP contribution in [0.2, 0.25) is 0 Å². The molecule has 0 spiro atoms. The summed E-state index contributed by atoms with van der Waals surface area (Å²) in [5.41, 5.74) is 0.257. The smallest absolute Gasteiger partial charge is 0.336 e. The second-order valence-corrected chi connectivity index (χ2v) is 6.45. The van der Waals surface area contributed by atoms with Gasteiger partial charge in [0.1, 0.15) is 17.4 Å². The van der Waals surface area contributed by atoms with Crippen LogP contribution in [0, 0.1) is 0 Å². The van der Waals surface area contributed by atoms with Crippen LogP contribution in [-0.4, -0.2) is 30.1 Å². The molecule has 2 unspecified atom stereocenters. The molecule has 1 aromatic carbocycles. The zero-order chi connectivity index (χ0) is 16.4. The Labute approximate surface area is 137 Å². The largest absolute Gasteiger partial charge is 0.490 e. The molecule has 2 heterocycles. The molecule has 0 N–H and O–H groups in total. The Morgan fingerprint density at radius 2 is 1.78 bits per heavy atom. The van der Waals surface area contributed by atoms with Crippen molar-refractivity contribution in [1.29, 1.82) is 0 Å². The summed E-state index contributed by atoms with van der Waals surface area (Å²) in [4.78, 5) is 13.9. The van der Waals surface area contributed by atoms with Crippen molar-refractivity contribution in [2.24, 2.45) is 0 Å². The number of rotatable bonds is 4. The van der Waals surface area contributed by atoms with Crippen LogP contribution in [0.15, 0.2) is 39.5 Å². The number of benzene rings is 1. The van der Waals surface area contributed by atoms with E-state index in [-0.39, 0.29) is 11.7 Å². The Balaban J connectivity index is 1.79. The first-order valence-electron chi connectivity index (χ1n) is 8.53. The van der Waals surface area contributed by atoms with E-state index < -0.39 is 0 Å². The van der Waals surface area contributed by atoms with Gasteiger partial charge in [0.25, 0.3) is 0 Å². The second kappa shape index (κ2) is 6.75. The molecule has 0 radical (unpaired) electrons. The minimum Gasteiger partial charge on any atom is -0.490 e. The highest BCUT2D eigenvalue weighted by Crippen LogP contribution is 2.29. The van der Waals surface area contributed by atoms with Crippen molar-refractivity contribution in [3.63, 3.8) is 0 Å².